The summed E-state index contributed by atoms with van der Waals surface area (Å²) in [5.41, 5.74) is 6.88. The fourth-order valence-corrected chi connectivity index (χ4v) is 2.70. The van der Waals surface area contributed by atoms with Gasteiger partial charge < -0.3 is 5.32 Å². The minimum absolute atomic E-state index is 0.250. The molecule has 0 atom stereocenters. The summed E-state index contributed by atoms with van der Waals surface area (Å²) in [6.07, 6.45) is 1.59. The summed E-state index contributed by atoms with van der Waals surface area (Å²) < 4.78 is 7.31. The Balaban J connectivity index is 1.56. The van der Waals surface area contributed by atoms with Crippen molar-refractivity contribution in [2.75, 3.05) is 22.1 Å². The van der Waals surface area contributed by atoms with Crippen LogP contribution in [-0.4, -0.2) is 17.9 Å². The zero-order chi connectivity index (χ0) is 19.1. The predicted molar refractivity (Wildman–Crippen MR) is 111 cm³/mol. The number of aryl methyl sites for hydroxylation is 1. The van der Waals surface area contributed by atoms with E-state index in [1.54, 1.807) is 24.4 Å². The van der Waals surface area contributed by atoms with Crippen LogP contribution in [0.1, 0.15) is 16.1 Å². The monoisotopic (exact) mass is 380 g/mol. The Hall–Kier alpha value is -3.03. The van der Waals surface area contributed by atoms with Gasteiger partial charge in [0.05, 0.1) is 11.4 Å². The van der Waals surface area contributed by atoms with Crippen LogP contribution in [0.5, 0.6) is 0 Å². The normalized spacial score (nSPS) is 10.3. The molecule has 1 heterocycles. The molecule has 0 spiro atoms. The number of anilines is 3. The van der Waals surface area contributed by atoms with Crippen molar-refractivity contribution in [1.29, 1.82) is 0 Å². The van der Waals surface area contributed by atoms with Crippen LogP contribution in [0.3, 0.4) is 0 Å². The van der Waals surface area contributed by atoms with E-state index in [0.29, 0.717) is 11.4 Å². The first-order chi connectivity index (χ1) is 13.1. The lowest BCUT2D eigenvalue weighted by Gasteiger charge is -2.18. The van der Waals surface area contributed by atoms with Gasteiger partial charge in [-0.3, -0.25) is 19.6 Å². The summed E-state index contributed by atoms with van der Waals surface area (Å²) in [7, 11) is 1.88. The second-order valence-electron chi connectivity index (χ2n) is 5.84. The third-order valence-electron chi connectivity index (χ3n) is 3.73. The standard InChI is InChI=1S/C20H20N4O2S/c1-15-9-11-16(12-10-15)23-26-27-24(2)18-7-5-6-17(14-18)22-20(25)19-8-3-4-13-21-19/h3-14,23H,1-2H3,(H,22,25). The Labute approximate surface area is 162 Å². The Bertz CT molecular complexity index is 888. The molecule has 0 aliphatic rings. The molecule has 0 unspecified atom stereocenters. The maximum atomic E-state index is 12.2. The van der Waals surface area contributed by atoms with Crippen LogP contribution in [0.2, 0.25) is 0 Å². The van der Waals surface area contributed by atoms with E-state index in [9.17, 15) is 4.79 Å². The minimum atomic E-state index is -0.250. The van der Waals surface area contributed by atoms with E-state index < -0.39 is 0 Å². The van der Waals surface area contributed by atoms with Crippen molar-refractivity contribution in [3.05, 3.63) is 84.2 Å². The van der Waals surface area contributed by atoms with Gasteiger partial charge in [0.1, 0.15) is 17.9 Å². The SMILES string of the molecule is Cc1ccc(NOSN(C)c2cccc(NC(=O)c3ccccn3)c2)cc1. The number of nitrogens with one attached hydrogen (secondary N) is 2. The molecule has 0 aliphatic carbocycles. The lowest BCUT2D eigenvalue weighted by molar-refractivity contribution is 0.102. The first-order valence-electron chi connectivity index (χ1n) is 8.34. The molecule has 0 saturated carbocycles. The van der Waals surface area contributed by atoms with Gasteiger partial charge in [-0.05, 0) is 49.4 Å². The fourth-order valence-electron chi connectivity index (χ4n) is 2.26. The molecular weight excluding hydrogens is 360 g/mol. The summed E-state index contributed by atoms with van der Waals surface area (Å²) >= 11 is 1.15. The van der Waals surface area contributed by atoms with Gasteiger partial charge in [-0.25, -0.2) is 0 Å². The van der Waals surface area contributed by atoms with Crippen molar-refractivity contribution in [2.45, 2.75) is 6.92 Å². The summed E-state index contributed by atoms with van der Waals surface area (Å²) in [6, 6.07) is 20.6. The van der Waals surface area contributed by atoms with Crippen molar-refractivity contribution >= 4 is 35.2 Å². The number of hydrogen-bond donors (Lipinski definition) is 2. The molecule has 138 valence electrons. The summed E-state index contributed by atoms with van der Waals surface area (Å²) in [5.74, 6) is -0.250. The number of aromatic nitrogens is 1. The van der Waals surface area contributed by atoms with Gasteiger partial charge in [0.15, 0.2) is 0 Å². The van der Waals surface area contributed by atoms with Crippen molar-refractivity contribution < 1.29 is 9.08 Å². The third-order valence-corrected chi connectivity index (χ3v) is 4.32. The second kappa shape index (κ2) is 9.07. The molecule has 27 heavy (non-hydrogen) atoms. The lowest BCUT2D eigenvalue weighted by atomic mass is 10.2. The Kier molecular flexibility index (Phi) is 6.30. The van der Waals surface area contributed by atoms with Gasteiger partial charge in [-0.1, -0.05) is 29.8 Å². The van der Waals surface area contributed by atoms with Crippen LogP contribution in [0, 0.1) is 6.92 Å². The average Bonchev–Trinajstić information content (AvgIpc) is 2.70. The molecule has 0 fully saturated rings. The summed E-state index contributed by atoms with van der Waals surface area (Å²) in [5, 5.41) is 2.85. The van der Waals surface area contributed by atoms with E-state index in [2.05, 4.69) is 15.8 Å². The maximum absolute atomic E-state index is 12.2. The van der Waals surface area contributed by atoms with Gasteiger partial charge in [0.2, 0.25) is 0 Å². The Morgan fingerprint density at radius 2 is 1.85 bits per heavy atom. The summed E-state index contributed by atoms with van der Waals surface area (Å²) in [4.78, 5) is 16.3. The van der Waals surface area contributed by atoms with Gasteiger partial charge >= 0.3 is 0 Å². The van der Waals surface area contributed by atoms with Gasteiger partial charge in [0, 0.05) is 18.9 Å². The quantitative estimate of drug-likeness (QED) is 0.352. The van der Waals surface area contributed by atoms with Gasteiger partial charge in [0.25, 0.3) is 5.91 Å². The molecule has 0 aliphatic heterocycles. The summed E-state index contributed by atoms with van der Waals surface area (Å²) in [6.45, 7) is 2.03. The highest BCUT2D eigenvalue weighted by molar-refractivity contribution is 7.96. The van der Waals surface area contributed by atoms with Crippen LogP contribution in [0.25, 0.3) is 0 Å². The smallest absolute Gasteiger partial charge is 0.274 e. The number of benzene rings is 2. The van der Waals surface area contributed by atoms with Crippen LogP contribution in [0.15, 0.2) is 72.9 Å². The van der Waals surface area contributed by atoms with Crippen molar-refractivity contribution in [3.63, 3.8) is 0 Å². The molecular formula is C20H20N4O2S. The molecule has 2 aromatic carbocycles. The lowest BCUT2D eigenvalue weighted by Crippen LogP contribution is -2.14. The van der Waals surface area contributed by atoms with E-state index in [1.165, 1.54) is 5.56 Å². The Morgan fingerprint density at radius 1 is 1.04 bits per heavy atom. The number of amides is 1. The van der Waals surface area contributed by atoms with Crippen LogP contribution < -0.4 is 15.1 Å². The Morgan fingerprint density at radius 3 is 2.59 bits per heavy atom. The van der Waals surface area contributed by atoms with Crippen molar-refractivity contribution in [1.82, 2.24) is 4.98 Å². The molecule has 1 amide bonds. The number of pyridine rings is 1. The number of rotatable bonds is 7. The first-order valence-corrected chi connectivity index (χ1v) is 9.04. The second-order valence-corrected chi connectivity index (χ2v) is 6.71. The van der Waals surface area contributed by atoms with E-state index in [1.807, 2.05) is 66.8 Å². The number of hydrogen-bond acceptors (Lipinski definition) is 6. The molecule has 0 saturated heterocycles. The molecule has 1 aromatic heterocycles. The van der Waals surface area contributed by atoms with E-state index >= 15 is 0 Å². The highest BCUT2D eigenvalue weighted by atomic mass is 32.2. The van der Waals surface area contributed by atoms with Crippen LogP contribution in [-0.2, 0) is 4.28 Å². The highest BCUT2D eigenvalue weighted by Gasteiger charge is 2.09. The van der Waals surface area contributed by atoms with Crippen LogP contribution in [0.4, 0.5) is 17.1 Å². The first kappa shape index (κ1) is 18.8. The number of nitrogens with zero attached hydrogens (tertiary/aromatic N) is 2. The maximum Gasteiger partial charge on any atom is 0.274 e. The van der Waals surface area contributed by atoms with Crippen LogP contribution >= 0.6 is 12.2 Å². The average molecular weight is 380 g/mol. The molecule has 3 rings (SSSR count). The largest absolute Gasteiger partial charge is 0.321 e. The number of carbonyl (C=O) groups is 1. The van der Waals surface area contributed by atoms with Crippen molar-refractivity contribution in [2.24, 2.45) is 0 Å². The van der Waals surface area contributed by atoms with Gasteiger partial charge in [-0.2, -0.15) is 4.28 Å². The highest BCUT2D eigenvalue weighted by Crippen LogP contribution is 2.25. The fraction of sp³-hybridized carbons (Fsp3) is 0.100. The molecule has 7 heteroatoms. The predicted octanol–water partition coefficient (Wildman–Crippen LogP) is 4.69. The van der Waals surface area contributed by atoms with E-state index in [-0.39, 0.29) is 5.91 Å². The minimum Gasteiger partial charge on any atom is -0.321 e. The van der Waals surface area contributed by atoms with Crippen molar-refractivity contribution in [3.8, 4) is 0 Å². The number of carbonyl (C=O) groups excluding carboxylic acids is 1. The van der Waals surface area contributed by atoms with Gasteiger partial charge in [-0.15, -0.1) is 0 Å². The van der Waals surface area contributed by atoms with E-state index in [0.717, 1.165) is 23.6 Å². The molecule has 3 aromatic rings. The van der Waals surface area contributed by atoms with E-state index in [4.69, 9.17) is 4.28 Å². The molecule has 0 bridgehead atoms. The molecule has 6 nitrogen and oxygen atoms in total. The molecule has 0 radical (unpaired) electrons. The zero-order valence-electron chi connectivity index (χ0n) is 15.0. The third kappa shape index (κ3) is 5.47. The zero-order valence-corrected chi connectivity index (χ0v) is 15.9. The topological polar surface area (TPSA) is 66.5 Å². The molecule has 2 N–H and O–H groups in total.